The van der Waals surface area contributed by atoms with Crippen LogP contribution in [0.1, 0.15) is 5.56 Å². The van der Waals surface area contributed by atoms with Gasteiger partial charge in [-0.25, -0.2) is 0 Å². The van der Waals surface area contributed by atoms with Gasteiger partial charge in [0.2, 0.25) is 0 Å². The van der Waals surface area contributed by atoms with Gasteiger partial charge in [-0.15, -0.1) is 0 Å². The number of carboxylic acid groups (broad SMARTS) is 1. The van der Waals surface area contributed by atoms with Gasteiger partial charge in [-0.1, -0.05) is 11.8 Å². The number of carboxylic acids is 1. The molecule has 0 radical (unpaired) electrons. The van der Waals surface area contributed by atoms with Gasteiger partial charge in [0, 0.05) is 21.9 Å². The number of aromatic hydroxyl groups is 1. The number of carbonyl (C=O) groups is 1. The van der Waals surface area contributed by atoms with Crippen molar-refractivity contribution in [1.29, 1.82) is 0 Å². The van der Waals surface area contributed by atoms with E-state index in [1.807, 2.05) is 0 Å². The number of nitro groups is 1. The van der Waals surface area contributed by atoms with Crippen LogP contribution >= 0.6 is 11.8 Å². The summed E-state index contributed by atoms with van der Waals surface area (Å²) in [5, 5.41) is 28.9. The van der Waals surface area contributed by atoms with Crippen LogP contribution in [0.2, 0.25) is 0 Å². The van der Waals surface area contributed by atoms with E-state index in [1.54, 1.807) is 18.2 Å². The third-order valence-electron chi connectivity index (χ3n) is 2.66. The first-order valence-corrected chi connectivity index (χ1v) is 6.73. The summed E-state index contributed by atoms with van der Waals surface area (Å²) in [6, 6.07) is 10.5. The average molecular weight is 305 g/mol. The predicted molar refractivity (Wildman–Crippen MR) is 76.7 cm³/mol. The predicted octanol–water partition coefficient (Wildman–Crippen LogP) is 3.08. The number of nitrogens with zero attached hydrogens (tertiary/aromatic N) is 1. The summed E-state index contributed by atoms with van der Waals surface area (Å²) in [7, 11) is 0. The van der Waals surface area contributed by atoms with Crippen molar-refractivity contribution >= 4 is 23.4 Å². The number of hydrogen-bond acceptors (Lipinski definition) is 5. The number of hydrogen-bond donors (Lipinski definition) is 2. The molecule has 2 N–H and O–H groups in total. The molecule has 2 rings (SSSR count). The zero-order valence-electron chi connectivity index (χ0n) is 10.7. The van der Waals surface area contributed by atoms with Gasteiger partial charge in [0.25, 0.3) is 5.69 Å². The Morgan fingerprint density at radius 1 is 1.19 bits per heavy atom. The van der Waals surface area contributed by atoms with Crippen LogP contribution in [0.15, 0.2) is 52.3 Å². The fourth-order valence-electron chi connectivity index (χ4n) is 1.73. The minimum absolute atomic E-state index is 0.000649. The highest BCUT2D eigenvalue weighted by Crippen LogP contribution is 2.33. The number of benzene rings is 2. The SMILES string of the molecule is O=C(O)Cc1cc(O)ccc1Sc1ccc([N+](=O)[O-])cc1. The molecule has 0 spiro atoms. The summed E-state index contributed by atoms with van der Waals surface area (Å²) in [6.07, 6.45) is -0.205. The number of non-ortho nitro benzene ring substituents is 1. The van der Waals surface area contributed by atoms with Crippen molar-refractivity contribution in [2.45, 2.75) is 16.2 Å². The minimum Gasteiger partial charge on any atom is -0.508 e. The maximum Gasteiger partial charge on any atom is 0.307 e. The van der Waals surface area contributed by atoms with Gasteiger partial charge in [-0.3, -0.25) is 14.9 Å². The van der Waals surface area contributed by atoms with Gasteiger partial charge in [0.05, 0.1) is 11.3 Å². The highest BCUT2D eigenvalue weighted by molar-refractivity contribution is 7.99. The Balaban J connectivity index is 2.26. The Bertz CT molecular complexity index is 684. The van der Waals surface area contributed by atoms with Gasteiger partial charge < -0.3 is 10.2 Å². The van der Waals surface area contributed by atoms with E-state index < -0.39 is 10.9 Å². The second-order valence-corrected chi connectivity index (χ2v) is 5.33. The van der Waals surface area contributed by atoms with Crippen LogP contribution in [0.25, 0.3) is 0 Å². The number of rotatable bonds is 5. The average Bonchev–Trinajstić information content (AvgIpc) is 2.42. The van der Waals surface area contributed by atoms with E-state index in [0.717, 1.165) is 4.90 Å². The number of phenolic OH excluding ortho intramolecular Hbond substituents is 1. The fourth-order valence-corrected chi connectivity index (χ4v) is 2.65. The van der Waals surface area contributed by atoms with Crippen LogP contribution in [0.3, 0.4) is 0 Å². The normalized spacial score (nSPS) is 10.3. The lowest BCUT2D eigenvalue weighted by atomic mass is 10.1. The molecule has 6 nitrogen and oxygen atoms in total. The van der Waals surface area contributed by atoms with Crippen LogP contribution in [0.4, 0.5) is 5.69 Å². The third kappa shape index (κ3) is 3.96. The van der Waals surface area contributed by atoms with Crippen molar-refractivity contribution in [2.75, 3.05) is 0 Å². The molecule has 2 aromatic rings. The second-order valence-electron chi connectivity index (χ2n) is 4.22. The van der Waals surface area contributed by atoms with E-state index in [0.29, 0.717) is 10.5 Å². The summed E-state index contributed by atoms with van der Waals surface area (Å²) in [6.45, 7) is 0. The molecule has 0 fully saturated rings. The molecule has 0 unspecified atom stereocenters. The maximum atomic E-state index is 10.8. The summed E-state index contributed by atoms with van der Waals surface area (Å²) in [5.41, 5.74) is 0.488. The molecule has 0 saturated heterocycles. The van der Waals surface area contributed by atoms with Crippen LogP contribution < -0.4 is 0 Å². The molecule has 21 heavy (non-hydrogen) atoms. The van der Waals surface area contributed by atoms with E-state index in [-0.39, 0.29) is 17.9 Å². The number of nitro benzene ring substituents is 1. The lowest BCUT2D eigenvalue weighted by Crippen LogP contribution is -2.01. The van der Waals surface area contributed by atoms with Crippen molar-refractivity contribution in [2.24, 2.45) is 0 Å². The van der Waals surface area contributed by atoms with Crippen molar-refractivity contribution in [3.05, 3.63) is 58.1 Å². The zero-order chi connectivity index (χ0) is 15.4. The fraction of sp³-hybridized carbons (Fsp3) is 0.0714. The molecular formula is C14H11NO5S. The van der Waals surface area contributed by atoms with E-state index >= 15 is 0 Å². The van der Waals surface area contributed by atoms with E-state index in [2.05, 4.69) is 0 Å². The Labute approximate surface area is 124 Å². The molecule has 0 saturated carbocycles. The van der Waals surface area contributed by atoms with E-state index in [9.17, 15) is 20.0 Å². The largest absolute Gasteiger partial charge is 0.508 e. The Hall–Kier alpha value is -2.54. The lowest BCUT2D eigenvalue weighted by Gasteiger charge is -2.08. The van der Waals surface area contributed by atoms with Crippen molar-refractivity contribution in [1.82, 2.24) is 0 Å². The van der Waals surface area contributed by atoms with Gasteiger partial charge in [-0.05, 0) is 35.9 Å². The topological polar surface area (TPSA) is 101 Å². The molecule has 0 bridgehead atoms. The quantitative estimate of drug-likeness (QED) is 0.650. The smallest absolute Gasteiger partial charge is 0.307 e. The van der Waals surface area contributed by atoms with E-state index in [1.165, 1.54) is 36.0 Å². The molecule has 0 atom stereocenters. The molecule has 108 valence electrons. The van der Waals surface area contributed by atoms with Gasteiger partial charge >= 0.3 is 5.97 Å². The summed E-state index contributed by atoms with van der Waals surface area (Å²) in [4.78, 5) is 22.4. The molecule has 0 amide bonds. The Morgan fingerprint density at radius 3 is 2.43 bits per heavy atom. The third-order valence-corrected chi connectivity index (χ3v) is 3.79. The molecule has 0 aromatic heterocycles. The molecule has 0 aliphatic carbocycles. The molecular weight excluding hydrogens is 294 g/mol. The summed E-state index contributed by atoms with van der Waals surface area (Å²) < 4.78 is 0. The summed E-state index contributed by atoms with van der Waals surface area (Å²) >= 11 is 1.29. The Morgan fingerprint density at radius 2 is 1.86 bits per heavy atom. The van der Waals surface area contributed by atoms with Crippen LogP contribution in [-0.2, 0) is 11.2 Å². The minimum atomic E-state index is -0.994. The molecule has 7 heteroatoms. The van der Waals surface area contributed by atoms with Crippen LogP contribution in [-0.4, -0.2) is 21.1 Å². The highest BCUT2D eigenvalue weighted by Gasteiger charge is 2.11. The van der Waals surface area contributed by atoms with Crippen molar-refractivity contribution < 1.29 is 19.9 Å². The highest BCUT2D eigenvalue weighted by atomic mass is 32.2. The Kier molecular flexibility index (Phi) is 4.44. The van der Waals surface area contributed by atoms with E-state index in [4.69, 9.17) is 5.11 Å². The maximum absolute atomic E-state index is 10.8. The van der Waals surface area contributed by atoms with Gasteiger partial charge in [0.1, 0.15) is 5.75 Å². The van der Waals surface area contributed by atoms with Crippen molar-refractivity contribution in [3.8, 4) is 5.75 Å². The number of aliphatic carboxylic acids is 1. The van der Waals surface area contributed by atoms with Gasteiger partial charge in [-0.2, -0.15) is 0 Å². The standard InChI is InChI=1S/C14H11NO5S/c16-11-3-6-13(9(7-11)8-14(17)18)21-12-4-1-10(2-5-12)15(19)20/h1-7,16H,8H2,(H,17,18). The molecule has 0 heterocycles. The van der Waals surface area contributed by atoms with Crippen molar-refractivity contribution in [3.63, 3.8) is 0 Å². The first kappa shape index (κ1) is 14.9. The monoisotopic (exact) mass is 305 g/mol. The molecule has 2 aromatic carbocycles. The molecule has 0 aliphatic rings. The second kappa shape index (κ2) is 6.27. The number of phenols is 1. The van der Waals surface area contributed by atoms with Gasteiger partial charge in [0.15, 0.2) is 0 Å². The van der Waals surface area contributed by atoms with Crippen LogP contribution in [0, 0.1) is 10.1 Å². The zero-order valence-corrected chi connectivity index (χ0v) is 11.5. The first-order valence-electron chi connectivity index (χ1n) is 5.91. The first-order chi connectivity index (χ1) is 9.95. The lowest BCUT2D eigenvalue weighted by molar-refractivity contribution is -0.384. The van der Waals surface area contributed by atoms with Crippen LogP contribution in [0.5, 0.6) is 5.75 Å². The summed E-state index contributed by atoms with van der Waals surface area (Å²) in [5.74, 6) is -0.995. The molecule has 0 aliphatic heterocycles.